The van der Waals surface area contributed by atoms with Crippen LogP contribution in [-0.4, -0.2) is 12.6 Å². The molecule has 0 heterocycles. The minimum atomic E-state index is 0.0215. The summed E-state index contributed by atoms with van der Waals surface area (Å²) in [5.74, 6) is 0.879. The van der Waals surface area contributed by atoms with E-state index in [0.29, 0.717) is 13.0 Å². The maximum Gasteiger partial charge on any atom is 0.305 e. The van der Waals surface area contributed by atoms with Crippen molar-refractivity contribution < 1.29 is 9.53 Å². The lowest BCUT2D eigenvalue weighted by atomic mass is 10.0. The molecule has 0 fully saturated rings. The molecule has 0 rings (SSSR count). The number of hydrogen-bond donors (Lipinski definition) is 0. The number of hydrogen-bond acceptors (Lipinski definition) is 2. The Labute approximate surface area is 196 Å². The van der Waals surface area contributed by atoms with E-state index < -0.39 is 0 Å². The standard InChI is InChI=1S/C29H58O2/c1-4-5-6-7-8-9-10-11-15-18-21-24-27-31-29(30)26-23-20-17-14-12-13-16-19-22-25-28(2)3/h28H,4-27H2,1-3H3. The molecule has 0 radical (unpaired) electrons. The van der Waals surface area contributed by atoms with Gasteiger partial charge in [0, 0.05) is 6.42 Å². The van der Waals surface area contributed by atoms with Crippen LogP contribution in [0.3, 0.4) is 0 Å². The Morgan fingerprint density at radius 1 is 0.548 bits per heavy atom. The number of rotatable bonds is 25. The number of esters is 1. The third-order valence-electron chi connectivity index (χ3n) is 6.42. The van der Waals surface area contributed by atoms with Gasteiger partial charge in [-0.1, -0.05) is 149 Å². The maximum atomic E-state index is 11.8. The molecule has 186 valence electrons. The predicted molar refractivity (Wildman–Crippen MR) is 138 cm³/mol. The summed E-state index contributed by atoms with van der Waals surface area (Å²) in [5, 5.41) is 0. The molecule has 0 aromatic heterocycles. The van der Waals surface area contributed by atoms with E-state index in [9.17, 15) is 4.79 Å². The summed E-state index contributed by atoms with van der Waals surface area (Å²) in [6.45, 7) is 7.54. The van der Waals surface area contributed by atoms with Crippen LogP contribution in [0.25, 0.3) is 0 Å². The summed E-state index contributed by atoms with van der Waals surface area (Å²) in [5.41, 5.74) is 0. The Morgan fingerprint density at radius 2 is 0.935 bits per heavy atom. The first kappa shape index (κ1) is 30.5. The van der Waals surface area contributed by atoms with E-state index in [-0.39, 0.29) is 5.97 Å². The van der Waals surface area contributed by atoms with E-state index in [0.717, 1.165) is 18.8 Å². The summed E-state index contributed by atoms with van der Waals surface area (Å²) in [6, 6.07) is 0. The number of carbonyl (C=O) groups is 1. The van der Waals surface area contributed by atoms with Gasteiger partial charge < -0.3 is 4.74 Å². The Kier molecular flexibility index (Phi) is 25.3. The molecular weight excluding hydrogens is 380 g/mol. The average molecular weight is 439 g/mol. The van der Waals surface area contributed by atoms with E-state index >= 15 is 0 Å². The van der Waals surface area contributed by atoms with Gasteiger partial charge in [-0.3, -0.25) is 4.79 Å². The molecule has 31 heavy (non-hydrogen) atoms. The van der Waals surface area contributed by atoms with E-state index in [1.807, 2.05) is 0 Å². The van der Waals surface area contributed by atoms with Crippen LogP contribution in [0, 0.1) is 5.92 Å². The first-order chi connectivity index (χ1) is 15.2. The van der Waals surface area contributed by atoms with E-state index in [4.69, 9.17) is 4.74 Å². The smallest absolute Gasteiger partial charge is 0.305 e. The number of ether oxygens (including phenoxy) is 1. The molecule has 0 amide bonds. The molecular formula is C29H58O2. The van der Waals surface area contributed by atoms with Crippen molar-refractivity contribution in [1.82, 2.24) is 0 Å². The van der Waals surface area contributed by atoms with Crippen LogP contribution in [0.4, 0.5) is 0 Å². The molecule has 0 aromatic rings. The van der Waals surface area contributed by atoms with E-state index in [2.05, 4.69) is 20.8 Å². The minimum absolute atomic E-state index is 0.0215. The zero-order valence-electron chi connectivity index (χ0n) is 21.9. The second kappa shape index (κ2) is 25.7. The highest BCUT2D eigenvalue weighted by Gasteiger charge is 2.02. The lowest BCUT2D eigenvalue weighted by Gasteiger charge is -2.06. The van der Waals surface area contributed by atoms with Crippen molar-refractivity contribution in [2.75, 3.05) is 6.61 Å². The summed E-state index contributed by atoms with van der Waals surface area (Å²) < 4.78 is 5.39. The van der Waals surface area contributed by atoms with Crippen molar-refractivity contribution in [2.24, 2.45) is 5.92 Å². The minimum Gasteiger partial charge on any atom is -0.466 e. The summed E-state index contributed by atoms with van der Waals surface area (Å²) in [6.07, 6.45) is 29.9. The Hall–Kier alpha value is -0.530. The quantitative estimate of drug-likeness (QED) is 0.105. The topological polar surface area (TPSA) is 26.3 Å². The molecule has 0 aliphatic heterocycles. The average Bonchev–Trinajstić information content (AvgIpc) is 2.75. The molecule has 0 aromatic carbocycles. The van der Waals surface area contributed by atoms with Crippen LogP contribution in [0.5, 0.6) is 0 Å². The van der Waals surface area contributed by atoms with Crippen LogP contribution in [-0.2, 0) is 9.53 Å². The molecule has 0 N–H and O–H groups in total. The normalized spacial score (nSPS) is 11.4. The molecule has 0 unspecified atom stereocenters. The van der Waals surface area contributed by atoms with Gasteiger partial charge in [0.05, 0.1) is 6.61 Å². The SMILES string of the molecule is CCCCCCCCCCCCCCOC(=O)CCCCCCCCCCCC(C)C. The Balaban J connectivity index is 3.15. The molecule has 0 aliphatic carbocycles. The summed E-state index contributed by atoms with van der Waals surface area (Å²) >= 11 is 0. The van der Waals surface area contributed by atoms with Crippen molar-refractivity contribution in [2.45, 2.75) is 168 Å². The second-order valence-corrected chi connectivity index (χ2v) is 10.2. The van der Waals surface area contributed by atoms with Gasteiger partial charge in [0.15, 0.2) is 0 Å². The van der Waals surface area contributed by atoms with Gasteiger partial charge in [0.25, 0.3) is 0 Å². The lowest BCUT2D eigenvalue weighted by Crippen LogP contribution is -2.05. The van der Waals surface area contributed by atoms with Crippen molar-refractivity contribution in [3.05, 3.63) is 0 Å². The fourth-order valence-electron chi connectivity index (χ4n) is 4.26. The molecule has 0 saturated carbocycles. The first-order valence-electron chi connectivity index (χ1n) is 14.3. The van der Waals surface area contributed by atoms with Crippen molar-refractivity contribution >= 4 is 5.97 Å². The van der Waals surface area contributed by atoms with Crippen LogP contribution < -0.4 is 0 Å². The van der Waals surface area contributed by atoms with Crippen LogP contribution in [0.15, 0.2) is 0 Å². The zero-order valence-corrected chi connectivity index (χ0v) is 21.9. The molecule has 2 nitrogen and oxygen atoms in total. The van der Waals surface area contributed by atoms with Crippen molar-refractivity contribution in [1.29, 1.82) is 0 Å². The highest BCUT2D eigenvalue weighted by atomic mass is 16.5. The van der Waals surface area contributed by atoms with Crippen LogP contribution >= 0.6 is 0 Å². The number of unbranched alkanes of at least 4 members (excludes halogenated alkanes) is 19. The second-order valence-electron chi connectivity index (χ2n) is 10.2. The molecule has 2 heteroatoms. The molecule has 0 bridgehead atoms. The summed E-state index contributed by atoms with van der Waals surface area (Å²) in [7, 11) is 0. The molecule has 0 saturated heterocycles. The van der Waals surface area contributed by atoms with Gasteiger partial charge in [-0.25, -0.2) is 0 Å². The highest BCUT2D eigenvalue weighted by molar-refractivity contribution is 5.69. The van der Waals surface area contributed by atoms with Crippen molar-refractivity contribution in [3.63, 3.8) is 0 Å². The van der Waals surface area contributed by atoms with E-state index in [1.54, 1.807) is 0 Å². The lowest BCUT2D eigenvalue weighted by molar-refractivity contribution is -0.143. The Morgan fingerprint density at radius 3 is 1.39 bits per heavy atom. The van der Waals surface area contributed by atoms with Gasteiger partial charge >= 0.3 is 5.97 Å². The third kappa shape index (κ3) is 27.4. The van der Waals surface area contributed by atoms with Gasteiger partial charge in [-0.05, 0) is 18.8 Å². The van der Waals surface area contributed by atoms with Gasteiger partial charge in [0.2, 0.25) is 0 Å². The monoisotopic (exact) mass is 438 g/mol. The van der Waals surface area contributed by atoms with Crippen molar-refractivity contribution in [3.8, 4) is 0 Å². The van der Waals surface area contributed by atoms with Gasteiger partial charge in [-0.15, -0.1) is 0 Å². The molecule has 0 spiro atoms. The van der Waals surface area contributed by atoms with Gasteiger partial charge in [0.1, 0.15) is 0 Å². The first-order valence-corrected chi connectivity index (χ1v) is 14.3. The number of carbonyl (C=O) groups excluding carboxylic acids is 1. The molecule has 0 atom stereocenters. The Bertz CT molecular complexity index is 351. The largest absolute Gasteiger partial charge is 0.466 e. The highest BCUT2D eigenvalue weighted by Crippen LogP contribution is 2.14. The zero-order chi connectivity index (χ0) is 22.8. The molecule has 0 aliphatic rings. The van der Waals surface area contributed by atoms with Crippen LogP contribution in [0.2, 0.25) is 0 Å². The fraction of sp³-hybridized carbons (Fsp3) is 0.966. The van der Waals surface area contributed by atoms with E-state index in [1.165, 1.54) is 128 Å². The fourth-order valence-corrected chi connectivity index (χ4v) is 4.26. The summed E-state index contributed by atoms with van der Waals surface area (Å²) in [4.78, 5) is 11.8. The van der Waals surface area contributed by atoms with Gasteiger partial charge in [-0.2, -0.15) is 0 Å². The maximum absolute atomic E-state index is 11.8. The predicted octanol–water partition coefficient (Wildman–Crippen LogP) is 10.2. The third-order valence-corrected chi connectivity index (χ3v) is 6.42. The van der Waals surface area contributed by atoms with Crippen LogP contribution in [0.1, 0.15) is 168 Å².